The molecular weight excluding hydrogens is 512 g/mol. The van der Waals surface area contributed by atoms with E-state index in [-0.39, 0.29) is 34.8 Å². The van der Waals surface area contributed by atoms with Crippen LogP contribution in [0, 0.1) is 0 Å². The van der Waals surface area contributed by atoms with Gasteiger partial charge in [-0.25, -0.2) is 0 Å². The van der Waals surface area contributed by atoms with Crippen LogP contribution in [0.15, 0.2) is 94.1 Å². The summed E-state index contributed by atoms with van der Waals surface area (Å²) in [6.45, 7) is 0.618. The zero-order valence-electron chi connectivity index (χ0n) is 22.3. The monoisotopic (exact) mass is 540 g/mol. The summed E-state index contributed by atoms with van der Waals surface area (Å²) in [5.74, 6) is 0.931. The highest BCUT2D eigenvalue weighted by molar-refractivity contribution is 5.91. The topological polar surface area (TPSA) is 96.6 Å². The Bertz CT molecular complexity index is 1680. The molecular formula is C32H28O8. The van der Waals surface area contributed by atoms with E-state index in [9.17, 15) is 9.90 Å². The lowest BCUT2D eigenvalue weighted by Gasteiger charge is -2.16. The van der Waals surface area contributed by atoms with Gasteiger partial charge in [-0.2, -0.15) is 0 Å². The zero-order chi connectivity index (χ0) is 28.1. The SMILES string of the molecule is COc1cc2oc(-c3ccc(OCc4ccccc4)c(OCc4ccccc4)c3)c(O)c(=O)c2c(OC)c1OC. The molecule has 4 aromatic carbocycles. The van der Waals surface area contributed by atoms with Crippen LogP contribution in [0.2, 0.25) is 0 Å². The quantitative estimate of drug-likeness (QED) is 0.219. The van der Waals surface area contributed by atoms with Gasteiger partial charge in [0.15, 0.2) is 28.8 Å². The number of benzene rings is 4. The van der Waals surface area contributed by atoms with E-state index in [1.165, 1.54) is 27.4 Å². The molecule has 8 heteroatoms. The van der Waals surface area contributed by atoms with Crippen LogP contribution < -0.4 is 29.1 Å². The van der Waals surface area contributed by atoms with Crippen molar-refractivity contribution < 1.29 is 33.2 Å². The second-order valence-corrected chi connectivity index (χ2v) is 8.84. The van der Waals surface area contributed by atoms with E-state index >= 15 is 0 Å². The van der Waals surface area contributed by atoms with E-state index in [2.05, 4.69) is 0 Å². The third-order valence-corrected chi connectivity index (χ3v) is 6.34. The molecule has 0 atom stereocenters. The molecule has 0 aliphatic carbocycles. The maximum Gasteiger partial charge on any atom is 0.238 e. The summed E-state index contributed by atoms with van der Waals surface area (Å²) in [6.07, 6.45) is 0. The lowest BCUT2D eigenvalue weighted by atomic mass is 10.1. The molecule has 0 unspecified atom stereocenters. The van der Waals surface area contributed by atoms with Gasteiger partial charge in [0.1, 0.15) is 24.2 Å². The number of fused-ring (bicyclic) bond motifs is 1. The van der Waals surface area contributed by atoms with Crippen LogP contribution in [-0.2, 0) is 13.2 Å². The Morgan fingerprint density at radius 3 is 1.85 bits per heavy atom. The van der Waals surface area contributed by atoms with Crippen molar-refractivity contribution in [1.29, 1.82) is 0 Å². The van der Waals surface area contributed by atoms with E-state index in [0.29, 0.717) is 29.4 Å². The van der Waals surface area contributed by atoms with Crippen LogP contribution >= 0.6 is 0 Å². The predicted octanol–water partition coefficient (Wildman–Crippen LogP) is 6.35. The molecule has 8 nitrogen and oxygen atoms in total. The summed E-state index contributed by atoms with van der Waals surface area (Å²) >= 11 is 0. The number of hydrogen-bond donors (Lipinski definition) is 1. The number of ether oxygens (including phenoxy) is 5. The van der Waals surface area contributed by atoms with Crippen LogP contribution in [0.1, 0.15) is 11.1 Å². The average Bonchev–Trinajstić information content (AvgIpc) is 3.00. The third kappa shape index (κ3) is 5.24. The molecule has 204 valence electrons. The van der Waals surface area contributed by atoms with Gasteiger partial charge < -0.3 is 33.2 Å². The molecule has 1 N–H and O–H groups in total. The summed E-state index contributed by atoms with van der Waals surface area (Å²) in [4.78, 5) is 13.3. The first-order chi connectivity index (χ1) is 19.5. The molecule has 5 rings (SSSR count). The summed E-state index contributed by atoms with van der Waals surface area (Å²) < 4.78 is 34.5. The van der Waals surface area contributed by atoms with Gasteiger partial charge in [-0.1, -0.05) is 60.7 Å². The summed E-state index contributed by atoms with van der Waals surface area (Å²) in [7, 11) is 4.29. The minimum absolute atomic E-state index is 0.0322. The summed E-state index contributed by atoms with van der Waals surface area (Å²) in [5.41, 5.74) is 1.86. The van der Waals surface area contributed by atoms with E-state index < -0.39 is 11.2 Å². The molecule has 0 bridgehead atoms. The first-order valence-corrected chi connectivity index (χ1v) is 12.5. The Hall–Kier alpha value is -5.11. The second kappa shape index (κ2) is 11.7. The molecule has 0 saturated heterocycles. The Morgan fingerprint density at radius 1 is 0.675 bits per heavy atom. The van der Waals surface area contributed by atoms with Crippen molar-refractivity contribution in [2.24, 2.45) is 0 Å². The molecule has 0 aliphatic rings. The Kier molecular flexibility index (Phi) is 7.77. The fraction of sp³-hybridized carbons (Fsp3) is 0.156. The van der Waals surface area contributed by atoms with Crippen molar-refractivity contribution in [3.63, 3.8) is 0 Å². The fourth-order valence-corrected chi connectivity index (χ4v) is 4.36. The highest BCUT2D eigenvalue weighted by atomic mass is 16.5. The first kappa shape index (κ1) is 26.5. The maximum absolute atomic E-state index is 13.3. The van der Waals surface area contributed by atoms with Crippen molar-refractivity contribution in [2.45, 2.75) is 13.2 Å². The van der Waals surface area contributed by atoms with Crippen LogP contribution in [0.5, 0.6) is 34.5 Å². The minimum atomic E-state index is -0.676. The van der Waals surface area contributed by atoms with Crippen molar-refractivity contribution >= 4 is 11.0 Å². The molecule has 0 saturated carbocycles. The third-order valence-electron chi connectivity index (χ3n) is 6.34. The molecule has 0 fully saturated rings. The standard InChI is InChI=1S/C32H28O8/c1-35-26-17-25-27(32(37-3)31(26)36-2)28(33)29(34)30(40-25)22-14-15-23(38-18-20-10-6-4-7-11-20)24(16-22)39-19-21-12-8-5-9-13-21/h4-17,34H,18-19H2,1-3H3. The van der Waals surface area contributed by atoms with Gasteiger partial charge in [-0.3, -0.25) is 4.79 Å². The van der Waals surface area contributed by atoms with E-state index in [1.54, 1.807) is 18.2 Å². The molecule has 5 aromatic rings. The Labute approximate surface area is 230 Å². The van der Waals surface area contributed by atoms with Gasteiger partial charge in [-0.05, 0) is 29.3 Å². The number of methoxy groups -OCH3 is 3. The second-order valence-electron chi connectivity index (χ2n) is 8.84. The highest BCUT2D eigenvalue weighted by Gasteiger charge is 2.25. The van der Waals surface area contributed by atoms with Gasteiger partial charge in [-0.15, -0.1) is 0 Å². The Morgan fingerprint density at radius 2 is 1.27 bits per heavy atom. The van der Waals surface area contributed by atoms with E-state index in [4.69, 9.17) is 28.1 Å². The van der Waals surface area contributed by atoms with Crippen LogP contribution in [-0.4, -0.2) is 26.4 Å². The van der Waals surface area contributed by atoms with Gasteiger partial charge in [0.05, 0.1) is 21.3 Å². The average molecular weight is 541 g/mol. The lowest BCUT2D eigenvalue weighted by molar-refractivity contribution is 0.256. The van der Waals surface area contributed by atoms with Crippen molar-refractivity contribution in [3.8, 4) is 45.8 Å². The van der Waals surface area contributed by atoms with Crippen molar-refractivity contribution in [1.82, 2.24) is 0 Å². The molecule has 0 amide bonds. The predicted molar refractivity (Wildman–Crippen MR) is 151 cm³/mol. The van der Waals surface area contributed by atoms with Gasteiger partial charge in [0, 0.05) is 11.6 Å². The Balaban J connectivity index is 1.59. The van der Waals surface area contributed by atoms with Crippen LogP contribution in [0.4, 0.5) is 0 Å². The fourth-order valence-electron chi connectivity index (χ4n) is 4.36. The minimum Gasteiger partial charge on any atom is -0.502 e. The molecule has 40 heavy (non-hydrogen) atoms. The normalized spacial score (nSPS) is 10.8. The first-order valence-electron chi connectivity index (χ1n) is 12.5. The van der Waals surface area contributed by atoms with Crippen LogP contribution in [0.25, 0.3) is 22.3 Å². The van der Waals surface area contributed by atoms with Gasteiger partial charge >= 0.3 is 0 Å². The summed E-state index contributed by atoms with van der Waals surface area (Å²) in [5, 5.41) is 11.0. The zero-order valence-corrected chi connectivity index (χ0v) is 22.3. The highest BCUT2D eigenvalue weighted by Crippen LogP contribution is 2.45. The number of hydrogen-bond acceptors (Lipinski definition) is 8. The van der Waals surface area contributed by atoms with Gasteiger partial charge in [0.2, 0.25) is 16.9 Å². The smallest absolute Gasteiger partial charge is 0.238 e. The lowest BCUT2D eigenvalue weighted by Crippen LogP contribution is -2.07. The van der Waals surface area contributed by atoms with E-state index in [1.807, 2.05) is 60.7 Å². The largest absolute Gasteiger partial charge is 0.502 e. The van der Waals surface area contributed by atoms with E-state index in [0.717, 1.165) is 11.1 Å². The molecule has 1 heterocycles. The molecule has 0 spiro atoms. The van der Waals surface area contributed by atoms with Crippen molar-refractivity contribution in [3.05, 3.63) is 106 Å². The van der Waals surface area contributed by atoms with Crippen LogP contribution in [0.3, 0.4) is 0 Å². The number of aromatic hydroxyl groups is 1. The number of rotatable bonds is 10. The van der Waals surface area contributed by atoms with Gasteiger partial charge in [0.25, 0.3) is 0 Å². The maximum atomic E-state index is 13.3. The summed E-state index contributed by atoms with van der Waals surface area (Å²) in [6, 6.07) is 26.1. The molecule has 1 aromatic heterocycles. The molecule has 0 radical (unpaired) electrons. The van der Waals surface area contributed by atoms with Crippen molar-refractivity contribution in [2.75, 3.05) is 21.3 Å². The molecule has 0 aliphatic heterocycles.